The smallest absolute Gasteiger partial charge is 0.282 e. The van der Waals surface area contributed by atoms with E-state index in [-0.39, 0.29) is 5.92 Å². The Balaban J connectivity index is 2.06. The van der Waals surface area contributed by atoms with Gasteiger partial charge < -0.3 is 15.2 Å². The topological polar surface area (TPSA) is 44.5 Å². The zero-order chi connectivity index (χ0) is 9.73. The first-order chi connectivity index (χ1) is 6.14. The van der Waals surface area contributed by atoms with Gasteiger partial charge in [-0.1, -0.05) is 0 Å². The summed E-state index contributed by atoms with van der Waals surface area (Å²) in [5.41, 5.74) is 4.85. The van der Waals surface area contributed by atoms with Gasteiger partial charge in [0.05, 0.1) is 19.8 Å². The van der Waals surface area contributed by atoms with Crippen LogP contribution in [-0.4, -0.2) is 38.9 Å². The Bertz CT molecular complexity index is 149. The Morgan fingerprint density at radius 3 is 2.85 bits per heavy atom. The summed E-state index contributed by atoms with van der Waals surface area (Å²) in [5, 5.41) is 0. The first-order valence-electron chi connectivity index (χ1n) is 4.37. The van der Waals surface area contributed by atoms with Gasteiger partial charge in [-0.3, -0.25) is 0 Å². The molecule has 0 saturated carbocycles. The molecule has 13 heavy (non-hydrogen) atoms. The van der Waals surface area contributed by atoms with Crippen molar-refractivity contribution in [2.45, 2.75) is 12.3 Å². The van der Waals surface area contributed by atoms with Crippen molar-refractivity contribution in [1.29, 1.82) is 0 Å². The van der Waals surface area contributed by atoms with Gasteiger partial charge in [-0.25, -0.2) is 8.78 Å². The van der Waals surface area contributed by atoms with Crippen molar-refractivity contribution in [3.05, 3.63) is 0 Å². The molecular formula is C8H15F2NO2. The minimum Gasteiger partial charge on any atom is -0.381 e. The minimum absolute atomic E-state index is 0.272. The second kappa shape index (κ2) is 4.83. The van der Waals surface area contributed by atoms with Crippen LogP contribution in [0.25, 0.3) is 0 Å². The molecule has 1 aliphatic heterocycles. The maximum Gasteiger partial charge on any atom is 0.282 e. The van der Waals surface area contributed by atoms with Gasteiger partial charge in [-0.15, -0.1) is 0 Å². The molecule has 0 aromatic carbocycles. The van der Waals surface area contributed by atoms with E-state index in [9.17, 15) is 8.78 Å². The van der Waals surface area contributed by atoms with Crippen molar-refractivity contribution in [2.24, 2.45) is 11.7 Å². The molecule has 78 valence electrons. The monoisotopic (exact) mass is 195 g/mol. The summed E-state index contributed by atoms with van der Waals surface area (Å²) in [5.74, 6) is -2.62. The summed E-state index contributed by atoms with van der Waals surface area (Å²) in [6.45, 7) is 0.430. The molecule has 0 aromatic heterocycles. The second-order valence-electron chi connectivity index (χ2n) is 3.30. The molecule has 3 nitrogen and oxygen atoms in total. The molecule has 1 unspecified atom stereocenters. The third-order valence-corrected chi connectivity index (χ3v) is 1.99. The van der Waals surface area contributed by atoms with Crippen molar-refractivity contribution < 1.29 is 18.3 Å². The Labute approximate surface area is 76.2 Å². The number of rotatable bonds is 5. The summed E-state index contributed by atoms with van der Waals surface area (Å²) in [6, 6.07) is 0. The maximum absolute atomic E-state index is 12.5. The zero-order valence-electron chi connectivity index (χ0n) is 7.47. The molecule has 1 heterocycles. The molecule has 0 amide bonds. The Kier molecular flexibility index (Phi) is 4.02. The third-order valence-electron chi connectivity index (χ3n) is 1.99. The average Bonchev–Trinajstić information content (AvgIpc) is 2.57. The Morgan fingerprint density at radius 1 is 1.54 bits per heavy atom. The van der Waals surface area contributed by atoms with Crippen molar-refractivity contribution in [3.63, 3.8) is 0 Å². The SMILES string of the molecule is NCC(F)(F)COCC1CCOC1. The number of alkyl halides is 2. The molecule has 0 spiro atoms. The fraction of sp³-hybridized carbons (Fsp3) is 1.00. The number of ether oxygens (including phenoxy) is 2. The van der Waals surface area contributed by atoms with Gasteiger partial charge in [-0.05, 0) is 6.42 Å². The quantitative estimate of drug-likeness (QED) is 0.700. The predicted molar refractivity (Wildman–Crippen MR) is 43.7 cm³/mol. The standard InChI is InChI=1S/C8H15F2NO2/c9-8(10,5-11)6-13-4-7-1-2-12-3-7/h7H,1-6,11H2. The third kappa shape index (κ3) is 3.97. The zero-order valence-corrected chi connectivity index (χ0v) is 7.47. The van der Waals surface area contributed by atoms with Crippen LogP contribution in [0.3, 0.4) is 0 Å². The van der Waals surface area contributed by atoms with E-state index in [1.807, 2.05) is 0 Å². The van der Waals surface area contributed by atoms with Crippen molar-refractivity contribution in [2.75, 3.05) is 33.0 Å². The summed E-state index contributed by atoms with van der Waals surface area (Å²) in [6.07, 6.45) is 0.897. The van der Waals surface area contributed by atoms with Gasteiger partial charge in [0.15, 0.2) is 0 Å². The number of hydrogen-bond donors (Lipinski definition) is 1. The fourth-order valence-electron chi connectivity index (χ4n) is 1.15. The van der Waals surface area contributed by atoms with E-state index in [1.165, 1.54) is 0 Å². The van der Waals surface area contributed by atoms with Gasteiger partial charge in [0.25, 0.3) is 5.92 Å². The van der Waals surface area contributed by atoms with E-state index >= 15 is 0 Å². The Hall–Kier alpha value is -0.260. The van der Waals surface area contributed by atoms with Crippen molar-refractivity contribution in [1.82, 2.24) is 0 Å². The highest BCUT2D eigenvalue weighted by atomic mass is 19.3. The highest BCUT2D eigenvalue weighted by molar-refractivity contribution is 4.67. The predicted octanol–water partition coefficient (Wildman–Crippen LogP) is 0.633. The van der Waals surface area contributed by atoms with E-state index in [1.54, 1.807) is 0 Å². The van der Waals surface area contributed by atoms with Crippen LogP contribution >= 0.6 is 0 Å². The molecule has 2 N–H and O–H groups in total. The van der Waals surface area contributed by atoms with E-state index in [0.717, 1.165) is 6.42 Å². The van der Waals surface area contributed by atoms with Gasteiger partial charge in [0.2, 0.25) is 0 Å². The number of hydrogen-bond acceptors (Lipinski definition) is 3. The van der Waals surface area contributed by atoms with E-state index in [0.29, 0.717) is 19.8 Å². The maximum atomic E-state index is 12.5. The molecule has 1 rings (SSSR count). The van der Waals surface area contributed by atoms with Crippen LogP contribution in [0.2, 0.25) is 0 Å². The highest BCUT2D eigenvalue weighted by Gasteiger charge is 2.27. The number of halogens is 2. The van der Waals surface area contributed by atoms with E-state index in [2.05, 4.69) is 0 Å². The molecule has 0 aliphatic carbocycles. The lowest BCUT2D eigenvalue weighted by molar-refractivity contribution is -0.0759. The summed E-state index contributed by atoms with van der Waals surface area (Å²) in [4.78, 5) is 0. The molecule has 1 fully saturated rings. The molecule has 1 aliphatic rings. The molecule has 1 atom stereocenters. The highest BCUT2D eigenvalue weighted by Crippen LogP contribution is 2.15. The van der Waals surface area contributed by atoms with Crippen molar-refractivity contribution in [3.8, 4) is 0 Å². The second-order valence-corrected chi connectivity index (χ2v) is 3.30. The van der Waals surface area contributed by atoms with Crippen molar-refractivity contribution >= 4 is 0 Å². The van der Waals surface area contributed by atoms with Crippen LogP contribution < -0.4 is 5.73 Å². The van der Waals surface area contributed by atoms with Gasteiger partial charge >= 0.3 is 0 Å². The summed E-state index contributed by atoms with van der Waals surface area (Å²) in [7, 11) is 0. The lowest BCUT2D eigenvalue weighted by Crippen LogP contribution is -2.33. The van der Waals surface area contributed by atoms with Crippen LogP contribution in [0.4, 0.5) is 8.78 Å². The average molecular weight is 195 g/mol. The molecule has 0 bridgehead atoms. The lowest BCUT2D eigenvalue weighted by atomic mass is 10.1. The fourth-order valence-corrected chi connectivity index (χ4v) is 1.15. The normalized spacial score (nSPS) is 23.8. The molecule has 0 aromatic rings. The summed E-state index contributed by atoms with van der Waals surface area (Å²) < 4.78 is 35.0. The molecule has 1 saturated heterocycles. The van der Waals surface area contributed by atoms with Gasteiger partial charge in [-0.2, -0.15) is 0 Å². The van der Waals surface area contributed by atoms with E-state index in [4.69, 9.17) is 15.2 Å². The van der Waals surface area contributed by atoms with Crippen LogP contribution in [0.1, 0.15) is 6.42 Å². The first kappa shape index (κ1) is 10.8. The lowest BCUT2D eigenvalue weighted by Gasteiger charge is -2.15. The van der Waals surface area contributed by atoms with Crippen LogP contribution in [0, 0.1) is 5.92 Å². The van der Waals surface area contributed by atoms with E-state index < -0.39 is 19.1 Å². The largest absolute Gasteiger partial charge is 0.381 e. The van der Waals surface area contributed by atoms with Crippen LogP contribution in [0.15, 0.2) is 0 Å². The Morgan fingerprint density at radius 2 is 2.31 bits per heavy atom. The molecular weight excluding hydrogens is 180 g/mol. The molecule has 0 radical (unpaired) electrons. The van der Waals surface area contributed by atoms with Crippen LogP contribution in [-0.2, 0) is 9.47 Å². The molecule has 5 heteroatoms. The van der Waals surface area contributed by atoms with Gasteiger partial charge in [0.1, 0.15) is 6.61 Å². The summed E-state index contributed by atoms with van der Waals surface area (Å²) >= 11 is 0. The van der Waals surface area contributed by atoms with Gasteiger partial charge in [0, 0.05) is 12.5 Å². The van der Waals surface area contributed by atoms with Crippen LogP contribution in [0.5, 0.6) is 0 Å². The number of nitrogens with two attached hydrogens (primary N) is 1. The first-order valence-corrected chi connectivity index (χ1v) is 4.37. The minimum atomic E-state index is -2.89.